The molecule has 6 nitrogen and oxygen atoms in total. The van der Waals surface area contributed by atoms with Crippen molar-refractivity contribution in [3.63, 3.8) is 0 Å². The number of hydrogen-bond donors (Lipinski definition) is 1. The van der Waals surface area contributed by atoms with Gasteiger partial charge in [0.2, 0.25) is 0 Å². The summed E-state index contributed by atoms with van der Waals surface area (Å²) in [6.07, 6.45) is 9.96. The Labute approximate surface area is 188 Å². The largest absolute Gasteiger partial charge is 0.355 e. The van der Waals surface area contributed by atoms with Gasteiger partial charge in [-0.1, -0.05) is 17.7 Å². The van der Waals surface area contributed by atoms with E-state index in [1.807, 2.05) is 18.3 Å². The molecular weight excluding hydrogens is 408 g/mol. The molecule has 7 heteroatoms. The van der Waals surface area contributed by atoms with Crippen LogP contribution >= 0.6 is 11.6 Å². The van der Waals surface area contributed by atoms with Crippen molar-refractivity contribution in [2.24, 2.45) is 0 Å². The second kappa shape index (κ2) is 7.47. The van der Waals surface area contributed by atoms with Gasteiger partial charge in [0, 0.05) is 37.6 Å². The van der Waals surface area contributed by atoms with E-state index in [4.69, 9.17) is 16.6 Å². The molecule has 1 N–H and O–H groups in total. The van der Waals surface area contributed by atoms with E-state index in [1.165, 1.54) is 18.7 Å². The lowest BCUT2D eigenvalue weighted by Gasteiger charge is -2.41. The van der Waals surface area contributed by atoms with Crippen molar-refractivity contribution in [1.29, 1.82) is 0 Å². The number of rotatable bonds is 3. The van der Waals surface area contributed by atoms with Gasteiger partial charge >= 0.3 is 0 Å². The first kappa shape index (κ1) is 19.5. The van der Waals surface area contributed by atoms with Gasteiger partial charge in [-0.25, -0.2) is 4.98 Å². The lowest BCUT2D eigenvalue weighted by atomic mass is 9.94. The first-order valence-electron chi connectivity index (χ1n) is 11.4. The number of fused-ring (bicyclic) bond motifs is 1. The minimum absolute atomic E-state index is 0.170. The van der Waals surface area contributed by atoms with Crippen LogP contribution in [0.25, 0.3) is 5.65 Å². The summed E-state index contributed by atoms with van der Waals surface area (Å²) >= 11 is 6.43. The fourth-order valence-electron chi connectivity index (χ4n) is 5.42. The number of anilines is 1. The van der Waals surface area contributed by atoms with Gasteiger partial charge in [0.25, 0.3) is 0 Å². The molecule has 2 aliphatic heterocycles. The number of hydrogen-bond acceptors (Lipinski definition) is 5. The third-order valence-corrected chi connectivity index (χ3v) is 7.82. The molecule has 2 unspecified atom stereocenters. The van der Waals surface area contributed by atoms with Gasteiger partial charge < -0.3 is 10.2 Å². The molecule has 2 atom stereocenters. The maximum atomic E-state index is 6.43. The van der Waals surface area contributed by atoms with E-state index in [0.29, 0.717) is 5.54 Å². The molecule has 0 bridgehead atoms. The Bertz CT molecular complexity index is 1110. The minimum atomic E-state index is 0.170. The van der Waals surface area contributed by atoms with Crippen LogP contribution in [0.3, 0.4) is 0 Å². The molecule has 5 heterocycles. The number of imidazole rings is 1. The van der Waals surface area contributed by atoms with Gasteiger partial charge in [0.15, 0.2) is 0 Å². The average molecular weight is 437 g/mol. The van der Waals surface area contributed by atoms with Crippen LogP contribution < -0.4 is 10.2 Å². The van der Waals surface area contributed by atoms with Crippen molar-refractivity contribution in [3.8, 4) is 0 Å². The molecule has 3 aliphatic rings. The van der Waals surface area contributed by atoms with E-state index in [0.717, 1.165) is 61.0 Å². The van der Waals surface area contributed by atoms with Crippen LogP contribution in [0.4, 0.5) is 5.82 Å². The highest BCUT2D eigenvalue weighted by atomic mass is 35.5. The fourth-order valence-corrected chi connectivity index (χ4v) is 5.68. The monoisotopic (exact) mass is 436 g/mol. The predicted octanol–water partition coefficient (Wildman–Crippen LogP) is 4.22. The molecule has 2 saturated heterocycles. The molecular formula is C24H29ClN6. The molecule has 1 aliphatic carbocycles. The van der Waals surface area contributed by atoms with Crippen molar-refractivity contribution in [3.05, 3.63) is 59.1 Å². The Morgan fingerprint density at radius 2 is 1.97 bits per heavy atom. The lowest BCUT2D eigenvalue weighted by molar-refractivity contribution is 0.198. The van der Waals surface area contributed by atoms with E-state index < -0.39 is 0 Å². The Morgan fingerprint density at radius 3 is 2.81 bits per heavy atom. The topological polar surface area (TPSA) is 48.7 Å². The highest BCUT2D eigenvalue weighted by molar-refractivity contribution is 6.31. The molecule has 1 saturated carbocycles. The number of piperidine rings is 1. The van der Waals surface area contributed by atoms with E-state index in [2.05, 4.69) is 55.9 Å². The Morgan fingerprint density at radius 1 is 1.10 bits per heavy atom. The summed E-state index contributed by atoms with van der Waals surface area (Å²) in [5.41, 5.74) is 3.48. The summed E-state index contributed by atoms with van der Waals surface area (Å²) in [4.78, 5) is 14.7. The molecule has 3 fully saturated rings. The quantitative estimate of drug-likeness (QED) is 0.666. The zero-order chi connectivity index (χ0) is 21.0. The smallest absolute Gasteiger partial charge is 0.138 e. The molecule has 3 aromatic rings. The standard InChI is InChI=1S/C24H29ClN6/c1-29-13-14-30(16-24(29)10-11-24)22-9-3-8-21-28-20(15-31(21)22)18-6-2-7-19(27-18)23-17(25)5-4-12-26-23/h3-5,8-9,12,15,18-19,27H,2,6-7,10-11,13-14,16H2,1H3. The first-order chi connectivity index (χ1) is 15.1. The van der Waals surface area contributed by atoms with Crippen LogP contribution in [0.15, 0.2) is 42.7 Å². The number of pyridine rings is 2. The zero-order valence-corrected chi connectivity index (χ0v) is 18.7. The number of aromatic nitrogens is 3. The van der Waals surface area contributed by atoms with E-state index in [-0.39, 0.29) is 12.1 Å². The number of halogens is 1. The molecule has 3 aromatic heterocycles. The third-order valence-electron chi connectivity index (χ3n) is 7.50. The minimum Gasteiger partial charge on any atom is -0.355 e. The van der Waals surface area contributed by atoms with Crippen LogP contribution in [0.2, 0.25) is 5.02 Å². The zero-order valence-electron chi connectivity index (χ0n) is 18.0. The lowest BCUT2D eigenvalue weighted by Crippen LogP contribution is -2.53. The van der Waals surface area contributed by atoms with Crippen molar-refractivity contribution in [2.45, 2.75) is 49.7 Å². The Balaban J connectivity index is 1.29. The maximum Gasteiger partial charge on any atom is 0.138 e. The van der Waals surface area contributed by atoms with Gasteiger partial charge in [-0.15, -0.1) is 0 Å². The number of piperazine rings is 1. The SMILES string of the molecule is CN1CCN(c2cccc3nc(C4CCCC(c5ncccc5Cl)N4)cn23)CC12CC2. The van der Waals surface area contributed by atoms with Gasteiger partial charge in [0.05, 0.1) is 28.5 Å². The van der Waals surface area contributed by atoms with Gasteiger partial charge in [0.1, 0.15) is 11.5 Å². The molecule has 0 aromatic carbocycles. The second-order valence-corrected chi connectivity index (χ2v) is 9.83. The van der Waals surface area contributed by atoms with Crippen molar-refractivity contribution in [2.75, 3.05) is 31.6 Å². The van der Waals surface area contributed by atoms with E-state index in [9.17, 15) is 0 Å². The van der Waals surface area contributed by atoms with Crippen molar-refractivity contribution >= 4 is 23.1 Å². The third kappa shape index (κ3) is 3.41. The first-order valence-corrected chi connectivity index (χ1v) is 11.8. The molecule has 31 heavy (non-hydrogen) atoms. The molecule has 162 valence electrons. The summed E-state index contributed by atoms with van der Waals surface area (Å²) in [6.45, 7) is 3.29. The van der Waals surface area contributed by atoms with Crippen LogP contribution in [-0.2, 0) is 0 Å². The number of likely N-dealkylation sites (N-methyl/N-ethyl adjacent to an activating group) is 1. The summed E-state index contributed by atoms with van der Waals surface area (Å²) < 4.78 is 2.29. The summed E-state index contributed by atoms with van der Waals surface area (Å²) in [5.74, 6) is 1.26. The normalized spacial score (nSPS) is 25.9. The van der Waals surface area contributed by atoms with Crippen LogP contribution in [0.1, 0.15) is 55.6 Å². The Kier molecular flexibility index (Phi) is 4.70. The van der Waals surface area contributed by atoms with Crippen LogP contribution in [0.5, 0.6) is 0 Å². The maximum absolute atomic E-state index is 6.43. The van der Waals surface area contributed by atoms with Gasteiger partial charge in [-0.2, -0.15) is 0 Å². The predicted molar refractivity (Wildman–Crippen MR) is 124 cm³/mol. The fraction of sp³-hybridized carbons (Fsp3) is 0.500. The van der Waals surface area contributed by atoms with Crippen molar-refractivity contribution < 1.29 is 0 Å². The highest BCUT2D eigenvalue weighted by Gasteiger charge is 2.49. The van der Waals surface area contributed by atoms with E-state index in [1.54, 1.807) is 0 Å². The Hall–Kier alpha value is -2.15. The van der Waals surface area contributed by atoms with E-state index >= 15 is 0 Å². The summed E-state index contributed by atoms with van der Waals surface area (Å²) in [7, 11) is 2.28. The average Bonchev–Trinajstić information content (AvgIpc) is 3.42. The molecule has 0 radical (unpaired) electrons. The molecule has 6 rings (SSSR count). The van der Waals surface area contributed by atoms with Gasteiger partial charge in [-0.3, -0.25) is 14.3 Å². The van der Waals surface area contributed by atoms with Crippen LogP contribution in [0, 0.1) is 0 Å². The molecule has 0 amide bonds. The summed E-state index contributed by atoms with van der Waals surface area (Å²) in [5, 5.41) is 4.51. The van der Waals surface area contributed by atoms with Gasteiger partial charge in [-0.05, 0) is 63.4 Å². The second-order valence-electron chi connectivity index (χ2n) is 9.42. The highest BCUT2D eigenvalue weighted by Crippen LogP contribution is 2.44. The van der Waals surface area contributed by atoms with Crippen molar-refractivity contribution in [1.82, 2.24) is 24.6 Å². The van der Waals surface area contributed by atoms with Crippen LogP contribution in [-0.4, -0.2) is 51.5 Å². The summed E-state index contributed by atoms with van der Waals surface area (Å²) in [6, 6.07) is 10.7. The number of nitrogens with zero attached hydrogens (tertiary/aromatic N) is 5. The number of nitrogens with one attached hydrogen (secondary N) is 1. The molecule has 1 spiro atoms.